The fraction of sp³-hybridized carbons (Fsp3) is 0.238. The van der Waals surface area contributed by atoms with Gasteiger partial charge < -0.3 is 0 Å². The number of hydrogen-bond donors (Lipinski definition) is 0. The molecule has 0 N–H and O–H groups in total. The molecule has 4 heterocycles. The van der Waals surface area contributed by atoms with E-state index in [0.717, 1.165) is 34.4 Å². The van der Waals surface area contributed by atoms with Crippen LogP contribution < -0.4 is 0 Å². The molecule has 0 amide bonds. The predicted molar refractivity (Wildman–Crippen MR) is 104 cm³/mol. The minimum absolute atomic E-state index is 0.352. The Kier molecular flexibility index (Phi) is 4.11. The summed E-state index contributed by atoms with van der Waals surface area (Å²) in [4.78, 5) is 18.2. The third kappa shape index (κ3) is 3.03. The molecule has 4 aromatic heterocycles. The molecule has 0 unspecified atom stereocenters. The lowest BCUT2D eigenvalue weighted by molar-refractivity contribution is 0.591. The van der Waals surface area contributed by atoms with Crippen molar-refractivity contribution in [2.24, 2.45) is 0 Å². The van der Waals surface area contributed by atoms with E-state index in [2.05, 4.69) is 23.8 Å². The van der Waals surface area contributed by atoms with Gasteiger partial charge in [0, 0.05) is 29.2 Å². The molecule has 0 spiro atoms. The van der Waals surface area contributed by atoms with Gasteiger partial charge in [0.2, 0.25) is 0 Å². The Labute approximate surface area is 158 Å². The zero-order chi connectivity index (χ0) is 19.0. The third-order valence-corrected chi connectivity index (χ3v) is 4.89. The second-order valence-electron chi connectivity index (χ2n) is 7.20. The highest BCUT2D eigenvalue weighted by molar-refractivity contribution is 5.37. The summed E-state index contributed by atoms with van der Waals surface area (Å²) in [5.41, 5.74) is 3.66. The van der Waals surface area contributed by atoms with Crippen LogP contribution in [0, 0.1) is 13.8 Å². The fourth-order valence-electron chi connectivity index (χ4n) is 3.14. The monoisotopic (exact) mass is 358 g/mol. The maximum Gasteiger partial charge on any atom is 0.138 e. The number of imidazole rings is 2. The first kappa shape index (κ1) is 17.1. The van der Waals surface area contributed by atoms with E-state index in [4.69, 9.17) is 9.97 Å². The molecule has 0 saturated carbocycles. The number of aromatic nitrogens is 6. The van der Waals surface area contributed by atoms with Gasteiger partial charge in [-0.05, 0) is 52.0 Å². The van der Waals surface area contributed by atoms with Gasteiger partial charge in [-0.15, -0.1) is 0 Å². The Morgan fingerprint density at radius 2 is 1.15 bits per heavy atom. The number of pyridine rings is 2. The Morgan fingerprint density at radius 3 is 1.52 bits per heavy atom. The maximum absolute atomic E-state index is 4.90. The van der Waals surface area contributed by atoms with Gasteiger partial charge in [0.1, 0.15) is 24.3 Å². The van der Waals surface area contributed by atoms with Gasteiger partial charge in [0.15, 0.2) is 0 Å². The largest absolute Gasteiger partial charge is 0.288 e. The smallest absolute Gasteiger partial charge is 0.138 e. The van der Waals surface area contributed by atoms with E-state index in [1.165, 1.54) is 0 Å². The number of rotatable bonds is 4. The summed E-state index contributed by atoms with van der Waals surface area (Å²) in [6.07, 6.45) is 7.24. The summed E-state index contributed by atoms with van der Waals surface area (Å²) < 4.78 is 3.97. The summed E-state index contributed by atoms with van der Waals surface area (Å²) in [7, 11) is 0. The molecular weight excluding hydrogens is 336 g/mol. The van der Waals surface area contributed by atoms with Gasteiger partial charge in [-0.1, -0.05) is 12.1 Å². The first-order chi connectivity index (χ1) is 13.0. The van der Waals surface area contributed by atoms with Crippen LogP contribution in [0.4, 0.5) is 0 Å². The van der Waals surface area contributed by atoms with Crippen molar-refractivity contribution in [3.8, 4) is 11.6 Å². The van der Waals surface area contributed by atoms with Crippen LogP contribution in [0.3, 0.4) is 0 Å². The summed E-state index contributed by atoms with van der Waals surface area (Å²) in [5.74, 6) is 1.72. The summed E-state index contributed by atoms with van der Waals surface area (Å²) in [5, 5.41) is 0. The second kappa shape index (κ2) is 6.46. The van der Waals surface area contributed by atoms with Gasteiger partial charge in [0.05, 0.1) is 11.4 Å². The van der Waals surface area contributed by atoms with Crippen molar-refractivity contribution in [2.45, 2.75) is 33.1 Å². The Hall–Kier alpha value is -3.28. The van der Waals surface area contributed by atoms with Crippen LogP contribution in [0.1, 0.15) is 36.6 Å². The lowest BCUT2D eigenvalue weighted by Crippen LogP contribution is -2.23. The molecule has 0 aliphatic carbocycles. The average molecular weight is 358 g/mol. The molecule has 136 valence electrons. The van der Waals surface area contributed by atoms with E-state index in [0.29, 0.717) is 0 Å². The van der Waals surface area contributed by atoms with Crippen molar-refractivity contribution in [1.29, 1.82) is 0 Å². The topological polar surface area (TPSA) is 61.4 Å². The molecule has 0 radical (unpaired) electrons. The molecule has 4 aromatic rings. The number of nitrogens with zero attached hydrogens (tertiary/aromatic N) is 6. The molecule has 27 heavy (non-hydrogen) atoms. The Bertz CT molecular complexity index is 1000. The van der Waals surface area contributed by atoms with Crippen LogP contribution in [0.5, 0.6) is 0 Å². The lowest BCUT2D eigenvalue weighted by atomic mass is 9.84. The van der Waals surface area contributed by atoms with E-state index < -0.39 is 0 Å². The zero-order valence-electron chi connectivity index (χ0n) is 16.0. The van der Waals surface area contributed by atoms with Crippen molar-refractivity contribution < 1.29 is 0 Å². The number of hydrogen-bond acceptors (Lipinski definition) is 4. The van der Waals surface area contributed by atoms with Crippen molar-refractivity contribution in [1.82, 2.24) is 29.1 Å². The summed E-state index contributed by atoms with van der Waals surface area (Å²) >= 11 is 0. The van der Waals surface area contributed by atoms with E-state index >= 15 is 0 Å². The minimum atomic E-state index is -0.352. The van der Waals surface area contributed by atoms with Gasteiger partial charge >= 0.3 is 0 Å². The SMILES string of the molecule is Cc1cncn1-c1cccc(C(C)(C)c2cccc(-n3cncc3C)n2)n1. The molecule has 0 bridgehead atoms. The predicted octanol–water partition coefficient (Wildman–Crippen LogP) is 3.79. The fourth-order valence-corrected chi connectivity index (χ4v) is 3.14. The van der Waals surface area contributed by atoms with E-state index in [1.807, 2.05) is 71.8 Å². The molecule has 0 aromatic carbocycles. The van der Waals surface area contributed by atoms with Crippen molar-refractivity contribution in [3.05, 3.63) is 84.2 Å². The van der Waals surface area contributed by atoms with Crippen molar-refractivity contribution >= 4 is 0 Å². The van der Waals surface area contributed by atoms with Crippen LogP contribution in [-0.4, -0.2) is 29.1 Å². The summed E-state index contributed by atoms with van der Waals surface area (Å²) in [6, 6.07) is 12.1. The van der Waals surface area contributed by atoms with E-state index in [1.54, 1.807) is 12.7 Å². The van der Waals surface area contributed by atoms with Crippen LogP contribution in [0.2, 0.25) is 0 Å². The van der Waals surface area contributed by atoms with Gasteiger partial charge in [-0.2, -0.15) is 0 Å². The highest BCUT2D eigenvalue weighted by Crippen LogP contribution is 2.30. The molecule has 0 aliphatic heterocycles. The van der Waals surface area contributed by atoms with E-state index in [-0.39, 0.29) is 5.41 Å². The molecular formula is C21H22N6. The minimum Gasteiger partial charge on any atom is -0.288 e. The van der Waals surface area contributed by atoms with Gasteiger partial charge in [0.25, 0.3) is 0 Å². The second-order valence-corrected chi connectivity index (χ2v) is 7.20. The van der Waals surface area contributed by atoms with Gasteiger partial charge in [-0.3, -0.25) is 9.13 Å². The van der Waals surface area contributed by atoms with E-state index in [9.17, 15) is 0 Å². The molecule has 0 atom stereocenters. The molecule has 0 fully saturated rings. The lowest BCUT2D eigenvalue weighted by Gasteiger charge is -2.25. The molecule has 4 rings (SSSR count). The maximum atomic E-state index is 4.90. The van der Waals surface area contributed by atoms with Crippen molar-refractivity contribution in [2.75, 3.05) is 0 Å². The first-order valence-corrected chi connectivity index (χ1v) is 8.90. The molecule has 0 saturated heterocycles. The number of aryl methyl sites for hydroxylation is 2. The quantitative estimate of drug-likeness (QED) is 0.557. The third-order valence-electron chi connectivity index (χ3n) is 4.89. The van der Waals surface area contributed by atoms with Crippen molar-refractivity contribution in [3.63, 3.8) is 0 Å². The highest BCUT2D eigenvalue weighted by Gasteiger charge is 2.27. The van der Waals surface area contributed by atoms with Crippen LogP contribution in [0.25, 0.3) is 11.6 Å². The summed E-state index contributed by atoms with van der Waals surface area (Å²) in [6.45, 7) is 8.33. The molecule has 6 heteroatoms. The highest BCUT2D eigenvalue weighted by atomic mass is 15.1. The van der Waals surface area contributed by atoms with Crippen LogP contribution >= 0.6 is 0 Å². The normalized spacial score (nSPS) is 11.7. The average Bonchev–Trinajstić information content (AvgIpc) is 3.30. The standard InChI is InChI=1S/C21H22N6/c1-15-11-22-13-26(15)19-9-5-7-17(24-19)21(3,4)18-8-6-10-20(25-18)27-14-23-12-16(27)2/h5-14H,1-4H3. The molecule has 6 nitrogen and oxygen atoms in total. The Morgan fingerprint density at radius 1 is 0.704 bits per heavy atom. The van der Waals surface area contributed by atoms with Crippen LogP contribution in [-0.2, 0) is 5.41 Å². The van der Waals surface area contributed by atoms with Gasteiger partial charge in [-0.25, -0.2) is 19.9 Å². The molecule has 0 aliphatic rings. The first-order valence-electron chi connectivity index (χ1n) is 8.90. The zero-order valence-corrected chi connectivity index (χ0v) is 16.0. The van der Waals surface area contributed by atoms with Crippen LogP contribution in [0.15, 0.2) is 61.4 Å². The Balaban J connectivity index is 1.76.